The number of ketones is 1. The summed E-state index contributed by atoms with van der Waals surface area (Å²) in [6.07, 6.45) is 0. The Labute approximate surface area is 121 Å². The molecule has 0 aliphatic rings. The van der Waals surface area contributed by atoms with Crippen molar-refractivity contribution in [2.24, 2.45) is 0 Å². The molecule has 0 amide bonds. The Bertz CT molecular complexity index is 387. The Kier molecular flexibility index (Phi) is 7.06. The first-order valence-electron chi connectivity index (χ1n) is 4.44. The SMILES string of the molecule is O=C(c1cc[c-]cc1)c1ccccc1.[NH2-].[Y]. The molecule has 2 nitrogen and oxygen atoms in total. The van der Waals surface area contributed by atoms with E-state index in [0.717, 1.165) is 5.56 Å². The van der Waals surface area contributed by atoms with Gasteiger partial charge in [-0.05, 0) is 0 Å². The second-order valence-electron chi connectivity index (χ2n) is 2.98. The Morgan fingerprint density at radius 2 is 1.38 bits per heavy atom. The normalized spacial score (nSPS) is 8.50. The van der Waals surface area contributed by atoms with E-state index >= 15 is 0 Å². The molecule has 2 aromatic carbocycles. The minimum absolute atomic E-state index is 0. The third-order valence-corrected chi connectivity index (χ3v) is 2.02. The van der Waals surface area contributed by atoms with E-state index in [4.69, 9.17) is 0 Å². The largest absolute Gasteiger partial charge is 0.693 e. The molecule has 16 heavy (non-hydrogen) atoms. The van der Waals surface area contributed by atoms with Crippen molar-refractivity contribution in [3.8, 4) is 0 Å². The molecular weight excluding hydrogens is 275 g/mol. The van der Waals surface area contributed by atoms with Crippen LogP contribution in [-0.2, 0) is 32.7 Å². The number of benzene rings is 2. The molecule has 0 heterocycles. The van der Waals surface area contributed by atoms with Crippen molar-refractivity contribution < 1.29 is 37.5 Å². The summed E-state index contributed by atoms with van der Waals surface area (Å²) in [7, 11) is 0. The van der Waals surface area contributed by atoms with Gasteiger partial charge in [-0.15, -0.1) is 0 Å². The van der Waals surface area contributed by atoms with Crippen LogP contribution in [-0.4, -0.2) is 5.78 Å². The van der Waals surface area contributed by atoms with Crippen LogP contribution in [0.25, 0.3) is 6.15 Å². The molecule has 2 N–H and O–H groups in total. The summed E-state index contributed by atoms with van der Waals surface area (Å²) in [5.74, 6) is 0.0552. The average Bonchev–Trinajstić information content (AvgIpc) is 2.30. The quantitative estimate of drug-likeness (QED) is 0.616. The molecule has 0 aromatic heterocycles. The number of nitrogens with two attached hydrogens (primary N) is 1. The smallest absolute Gasteiger partial charge is 0.169 e. The van der Waals surface area contributed by atoms with Gasteiger partial charge in [-0.1, -0.05) is 35.9 Å². The van der Waals surface area contributed by atoms with Crippen molar-refractivity contribution in [3.05, 3.63) is 77.9 Å². The van der Waals surface area contributed by atoms with Crippen LogP contribution in [0.3, 0.4) is 0 Å². The predicted octanol–water partition coefficient (Wildman–Crippen LogP) is 3.43. The number of carbonyl (C=O) groups excluding carboxylic acids is 1. The summed E-state index contributed by atoms with van der Waals surface area (Å²) in [5, 5.41) is 0. The van der Waals surface area contributed by atoms with Gasteiger partial charge in [0.2, 0.25) is 0 Å². The summed E-state index contributed by atoms with van der Waals surface area (Å²) in [5.41, 5.74) is 1.42. The van der Waals surface area contributed by atoms with E-state index in [0.29, 0.717) is 5.56 Å². The van der Waals surface area contributed by atoms with Crippen molar-refractivity contribution >= 4 is 5.78 Å². The van der Waals surface area contributed by atoms with E-state index in [1.807, 2.05) is 30.3 Å². The molecule has 1 radical (unpaired) electrons. The van der Waals surface area contributed by atoms with Crippen LogP contribution in [0, 0.1) is 6.07 Å². The molecule has 0 atom stereocenters. The van der Waals surface area contributed by atoms with Crippen molar-refractivity contribution in [2.45, 2.75) is 0 Å². The van der Waals surface area contributed by atoms with E-state index in [1.165, 1.54) is 0 Å². The van der Waals surface area contributed by atoms with Crippen molar-refractivity contribution in [3.63, 3.8) is 0 Å². The molecule has 79 valence electrons. The minimum Gasteiger partial charge on any atom is -0.693 e. The van der Waals surface area contributed by atoms with Gasteiger partial charge in [0.25, 0.3) is 0 Å². The Morgan fingerprint density at radius 1 is 0.875 bits per heavy atom. The number of hydrogen-bond acceptors (Lipinski definition) is 1. The monoisotopic (exact) mass is 286 g/mol. The maximum atomic E-state index is 11.8. The molecule has 2 rings (SSSR count). The van der Waals surface area contributed by atoms with E-state index in [1.54, 1.807) is 24.3 Å². The second-order valence-corrected chi connectivity index (χ2v) is 2.98. The van der Waals surface area contributed by atoms with Crippen LogP contribution in [0.5, 0.6) is 0 Å². The van der Waals surface area contributed by atoms with Crippen molar-refractivity contribution in [1.82, 2.24) is 0 Å². The number of hydrogen-bond donors (Lipinski definition) is 0. The van der Waals surface area contributed by atoms with Gasteiger partial charge in [0.05, 0.1) is 0 Å². The van der Waals surface area contributed by atoms with Gasteiger partial charge in [-0.25, -0.2) is 0 Å². The average molecular weight is 286 g/mol. The van der Waals surface area contributed by atoms with Crippen LogP contribution in [0.4, 0.5) is 0 Å². The van der Waals surface area contributed by atoms with Crippen LogP contribution in [0.1, 0.15) is 15.9 Å². The van der Waals surface area contributed by atoms with Crippen LogP contribution in [0.2, 0.25) is 0 Å². The molecule has 0 saturated heterocycles. The first-order valence-corrected chi connectivity index (χ1v) is 4.44. The number of carbonyl (C=O) groups is 1. The summed E-state index contributed by atoms with van der Waals surface area (Å²) < 4.78 is 0. The van der Waals surface area contributed by atoms with Gasteiger partial charge in [0.1, 0.15) is 0 Å². The van der Waals surface area contributed by atoms with E-state index < -0.39 is 0 Å². The predicted molar refractivity (Wildman–Crippen MR) is 60.4 cm³/mol. The molecule has 0 fully saturated rings. The first-order chi connectivity index (χ1) is 6.88. The summed E-state index contributed by atoms with van der Waals surface area (Å²) >= 11 is 0. The van der Waals surface area contributed by atoms with Crippen molar-refractivity contribution in [1.29, 1.82) is 0 Å². The third kappa shape index (κ3) is 3.64. The topological polar surface area (TPSA) is 50.6 Å². The van der Waals surface area contributed by atoms with Gasteiger partial charge >= 0.3 is 0 Å². The van der Waals surface area contributed by atoms with Crippen LogP contribution >= 0.6 is 0 Å². The molecule has 0 spiro atoms. The van der Waals surface area contributed by atoms with Gasteiger partial charge in [-0.2, -0.15) is 30.3 Å². The molecule has 0 unspecified atom stereocenters. The molecule has 0 aliphatic carbocycles. The molecule has 2 aromatic rings. The Morgan fingerprint density at radius 3 is 1.94 bits per heavy atom. The molecule has 0 aliphatic heterocycles. The zero-order valence-corrected chi connectivity index (χ0v) is 11.6. The second kappa shape index (κ2) is 7.45. The van der Waals surface area contributed by atoms with Gasteiger partial charge in [-0.3, -0.25) is 4.79 Å². The Balaban J connectivity index is 0.00000112. The molecular formula is C13H11NOY-2. The zero-order valence-electron chi connectivity index (χ0n) is 8.76. The molecule has 0 bridgehead atoms. The fraction of sp³-hybridized carbons (Fsp3) is 0. The summed E-state index contributed by atoms with van der Waals surface area (Å²) in [4.78, 5) is 11.8. The number of rotatable bonds is 2. The van der Waals surface area contributed by atoms with Crippen LogP contribution < -0.4 is 0 Å². The molecule has 0 saturated carbocycles. The standard InChI is InChI=1S/C13H9O.H2N.Y/c14-13(11-7-3-1-4-8-11)12-9-5-2-6-10-12;;/h1,3-10H;1H2;/q2*-1;. The van der Waals surface area contributed by atoms with Gasteiger partial charge in [0.15, 0.2) is 5.78 Å². The van der Waals surface area contributed by atoms with E-state index in [2.05, 4.69) is 6.07 Å². The minimum atomic E-state index is 0. The van der Waals surface area contributed by atoms with E-state index in [-0.39, 0.29) is 44.6 Å². The fourth-order valence-corrected chi connectivity index (χ4v) is 1.29. The third-order valence-electron chi connectivity index (χ3n) is 2.02. The summed E-state index contributed by atoms with van der Waals surface area (Å²) in [6, 6.07) is 19.2. The zero-order chi connectivity index (χ0) is 9.80. The van der Waals surface area contributed by atoms with Crippen LogP contribution in [0.15, 0.2) is 54.6 Å². The maximum absolute atomic E-state index is 11.8. The van der Waals surface area contributed by atoms with Gasteiger partial charge in [0, 0.05) is 38.3 Å². The maximum Gasteiger partial charge on any atom is 0.169 e. The fourth-order valence-electron chi connectivity index (χ4n) is 1.29. The summed E-state index contributed by atoms with van der Waals surface area (Å²) in [6.45, 7) is 0. The first kappa shape index (κ1) is 15.2. The van der Waals surface area contributed by atoms with Crippen molar-refractivity contribution in [2.75, 3.05) is 0 Å². The van der Waals surface area contributed by atoms with E-state index in [9.17, 15) is 4.79 Å². The Hall–Kier alpha value is -0.826. The molecule has 3 heteroatoms. The van der Waals surface area contributed by atoms with Gasteiger partial charge < -0.3 is 6.15 Å².